The quantitative estimate of drug-likeness (QED) is 0.485. The minimum Gasteiger partial charge on any atom is -0.468 e. The van der Waals surface area contributed by atoms with Gasteiger partial charge in [-0.25, -0.2) is 0 Å². The molecular formula is C33H40N2O6. The Labute approximate surface area is 241 Å². The lowest BCUT2D eigenvalue weighted by Crippen LogP contribution is -2.60. The van der Waals surface area contributed by atoms with Crippen molar-refractivity contribution in [2.75, 3.05) is 33.4 Å². The highest BCUT2D eigenvalue weighted by Gasteiger charge is 2.60. The fraction of sp³-hybridized carbons (Fsp3) is 0.545. The molecule has 3 heterocycles. The van der Waals surface area contributed by atoms with Crippen LogP contribution in [0.15, 0.2) is 54.2 Å². The highest BCUT2D eigenvalue weighted by Crippen LogP contribution is 2.52. The minimum absolute atomic E-state index is 0.0374. The molecule has 0 radical (unpaired) electrons. The van der Waals surface area contributed by atoms with E-state index in [0.29, 0.717) is 44.5 Å². The average Bonchev–Trinajstić information content (AvgIpc) is 3.55. The van der Waals surface area contributed by atoms with Gasteiger partial charge >= 0.3 is 5.97 Å². The summed E-state index contributed by atoms with van der Waals surface area (Å²) in [4.78, 5) is 45.2. The Balaban J connectivity index is 1.43. The molecule has 1 saturated carbocycles. The van der Waals surface area contributed by atoms with E-state index in [1.54, 1.807) is 9.80 Å². The monoisotopic (exact) mass is 560 g/mol. The molecule has 218 valence electrons. The van der Waals surface area contributed by atoms with Crippen LogP contribution in [0.3, 0.4) is 0 Å². The van der Waals surface area contributed by atoms with E-state index in [9.17, 15) is 14.4 Å². The molecule has 3 aliphatic heterocycles. The molecule has 4 atom stereocenters. The van der Waals surface area contributed by atoms with Gasteiger partial charge in [0.05, 0.1) is 39.1 Å². The Bertz CT molecular complexity index is 1340. The van der Waals surface area contributed by atoms with E-state index in [1.807, 2.05) is 37.3 Å². The summed E-state index contributed by atoms with van der Waals surface area (Å²) in [5.41, 5.74) is 0.485. The van der Waals surface area contributed by atoms with E-state index in [1.165, 1.54) is 7.11 Å². The number of amides is 2. The first-order valence-electron chi connectivity index (χ1n) is 15.0. The summed E-state index contributed by atoms with van der Waals surface area (Å²) < 4.78 is 17.5. The Kier molecular flexibility index (Phi) is 7.88. The highest BCUT2D eigenvalue weighted by molar-refractivity contribution is 5.93. The molecule has 6 rings (SSSR count). The number of rotatable bonds is 6. The van der Waals surface area contributed by atoms with Crippen molar-refractivity contribution in [2.24, 2.45) is 17.3 Å². The summed E-state index contributed by atoms with van der Waals surface area (Å²) in [5.74, 6) is -0.941. The van der Waals surface area contributed by atoms with E-state index in [2.05, 4.69) is 18.2 Å². The van der Waals surface area contributed by atoms with Crippen LogP contribution in [0.5, 0.6) is 0 Å². The number of nitrogens with zero attached hydrogens (tertiary/aromatic N) is 2. The molecule has 41 heavy (non-hydrogen) atoms. The number of ether oxygens (including phenoxy) is 3. The number of carbonyl (C=O) groups is 3. The number of benzene rings is 2. The fourth-order valence-electron chi connectivity index (χ4n) is 7.47. The maximum absolute atomic E-state index is 14.4. The number of fused-ring (bicyclic) bond motifs is 2. The predicted molar refractivity (Wildman–Crippen MR) is 153 cm³/mol. The molecule has 2 saturated heterocycles. The van der Waals surface area contributed by atoms with Crippen molar-refractivity contribution in [3.05, 3.63) is 59.8 Å². The van der Waals surface area contributed by atoms with Crippen molar-refractivity contribution in [3.63, 3.8) is 0 Å². The van der Waals surface area contributed by atoms with Crippen molar-refractivity contribution in [2.45, 2.75) is 64.2 Å². The number of methoxy groups -OCH3 is 1. The first-order chi connectivity index (χ1) is 19.9. The van der Waals surface area contributed by atoms with E-state index in [0.717, 1.165) is 42.0 Å². The fourth-order valence-corrected chi connectivity index (χ4v) is 7.47. The first-order valence-corrected chi connectivity index (χ1v) is 15.0. The van der Waals surface area contributed by atoms with Gasteiger partial charge in [-0.15, -0.1) is 0 Å². The van der Waals surface area contributed by atoms with Crippen molar-refractivity contribution in [1.82, 2.24) is 9.80 Å². The van der Waals surface area contributed by atoms with Gasteiger partial charge in [0.2, 0.25) is 11.8 Å². The van der Waals surface area contributed by atoms with E-state index < -0.39 is 23.4 Å². The molecule has 2 aromatic rings. The van der Waals surface area contributed by atoms with Crippen LogP contribution in [0.1, 0.15) is 51.0 Å². The molecule has 0 aromatic heterocycles. The maximum atomic E-state index is 14.4. The van der Waals surface area contributed by atoms with Gasteiger partial charge in [0.25, 0.3) is 0 Å². The van der Waals surface area contributed by atoms with Gasteiger partial charge in [0, 0.05) is 31.1 Å². The van der Waals surface area contributed by atoms with Crippen LogP contribution >= 0.6 is 0 Å². The van der Waals surface area contributed by atoms with Crippen LogP contribution in [0.4, 0.5) is 0 Å². The van der Waals surface area contributed by atoms with Gasteiger partial charge in [-0.1, -0.05) is 55.3 Å². The molecule has 8 nitrogen and oxygen atoms in total. The largest absolute Gasteiger partial charge is 0.468 e. The summed E-state index contributed by atoms with van der Waals surface area (Å²) in [5, 5.41) is 2.15. The number of hydrogen-bond acceptors (Lipinski definition) is 6. The molecule has 8 heteroatoms. The number of morpholine rings is 1. The Morgan fingerprint density at radius 2 is 1.78 bits per heavy atom. The Hall–Kier alpha value is -3.23. The lowest BCUT2D eigenvalue weighted by Gasteiger charge is -2.52. The molecule has 0 spiro atoms. The van der Waals surface area contributed by atoms with Gasteiger partial charge in [-0.2, -0.15) is 0 Å². The number of carbonyl (C=O) groups excluding carboxylic acids is 3. The second-order valence-corrected chi connectivity index (χ2v) is 12.0. The van der Waals surface area contributed by atoms with Crippen LogP contribution in [0.2, 0.25) is 0 Å². The SMILES string of the molecule is COC(=O)[C@@]12C[C@H](CC(=O)N3CCOCC3)C(=O)N(Cc3cccc4ccccc34)C1=C[C@@H](C1CCCC1)O[C@H]2C. The van der Waals surface area contributed by atoms with Crippen molar-refractivity contribution in [3.8, 4) is 0 Å². The lowest BCUT2D eigenvalue weighted by molar-refractivity contribution is -0.178. The number of esters is 1. The first kappa shape index (κ1) is 27.9. The van der Waals surface area contributed by atoms with Crippen LogP contribution in [-0.2, 0) is 35.1 Å². The zero-order valence-corrected chi connectivity index (χ0v) is 24.1. The van der Waals surface area contributed by atoms with Crippen molar-refractivity contribution < 1.29 is 28.6 Å². The Morgan fingerprint density at radius 3 is 2.54 bits per heavy atom. The molecule has 4 aliphatic rings. The van der Waals surface area contributed by atoms with Gasteiger partial charge in [-0.05, 0) is 54.5 Å². The zero-order valence-electron chi connectivity index (χ0n) is 24.1. The molecule has 3 fully saturated rings. The lowest BCUT2D eigenvalue weighted by atomic mass is 9.66. The smallest absolute Gasteiger partial charge is 0.320 e. The van der Waals surface area contributed by atoms with Gasteiger partial charge in [0.1, 0.15) is 5.41 Å². The number of hydrogen-bond donors (Lipinski definition) is 0. The van der Waals surface area contributed by atoms with Crippen LogP contribution in [0, 0.1) is 17.3 Å². The van der Waals surface area contributed by atoms with Gasteiger partial charge in [-0.3, -0.25) is 14.4 Å². The normalized spacial score (nSPS) is 28.9. The molecule has 0 N–H and O–H groups in total. The van der Waals surface area contributed by atoms with Gasteiger partial charge in [0.15, 0.2) is 0 Å². The summed E-state index contributed by atoms with van der Waals surface area (Å²) >= 11 is 0. The maximum Gasteiger partial charge on any atom is 0.320 e. The average molecular weight is 561 g/mol. The Morgan fingerprint density at radius 1 is 1.05 bits per heavy atom. The topological polar surface area (TPSA) is 85.4 Å². The zero-order chi connectivity index (χ0) is 28.6. The van der Waals surface area contributed by atoms with E-state index >= 15 is 0 Å². The molecule has 2 amide bonds. The summed E-state index contributed by atoms with van der Waals surface area (Å²) in [6.07, 6.45) is 6.04. The standard InChI is InChI=1S/C33H40N2O6/c1-22-33(32(38)39-2)20-26(18-30(36)34-14-16-40-17-15-34)31(37)35(29(33)19-28(41-22)24-9-3-4-10-24)21-25-12-7-11-23-8-5-6-13-27(23)25/h5-8,11-13,19,22,24,26,28H,3-4,9-10,14-18,20-21H2,1-2H3/t22-,26-,28-,33+/m0/s1. The van der Waals surface area contributed by atoms with E-state index in [4.69, 9.17) is 14.2 Å². The van der Waals surface area contributed by atoms with Crippen molar-refractivity contribution in [1.29, 1.82) is 0 Å². The van der Waals surface area contributed by atoms with Gasteiger partial charge < -0.3 is 24.0 Å². The number of likely N-dealkylation sites (tertiary alicyclic amines) is 1. The van der Waals surface area contributed by atoms with Crippen LogP contribution in [0.25, 0.3) is 10.8 Å². The van der Waals surface area contributed by atoms with Crippen molar-refractivity contribution >= 4 is 28.6 Å². The molecule has 0 unspecified atom stereocenters. The van der Waals surface area contributed by atoms with E-state index in [-0.39, 0.29) is 30.8 Å². The summed E-state index contributed by atoms with van der Waals surface area (Å²) in [7, 11) is 1.39. The predicted octanol–water partition coefficient (Wildman–Crippen LogP) is 4.46. The third-order valence-electron chi connectivity index (χ3n) is 9.72. The molecule has 0 bridgehead atoms. The second-order valence-electron chi connectivity index (χ2n) is 12.0. The number of piperidine rings is 1. The summed E-state index contributed by atoms with van der Waals surface area (Å²) in [6.45, 7) is 4.23. The third-order valence-corrected chi connectivity index (χ3v) is 9.72. The minimum atomic E-state index is -1.18. The van der Waals surface area contributed by atoms with Crippen LogP contribution in [-0.4, -0.2) is 73.2 Å². The second kappa shape index (κ2) is 11.6. The molecule has 1 aliphatic carbocycles. The highest BCUT2D eigenvalue weighted by atomic mass is 16.5. The third kappa shape index (κ3) is 5.06. The molecule has 2 aromatic carbocycles. The molecular weight excluding hydrogens is 520 g/mol. The van der Waals surface area contributed by atoms with Crippen LogP contribution < -0.4 is 0 Å². The summed E-state index contributed by atoms with van der Waals surface area (Å²) in [6, 6.07) is 14.2.